The molecular formula is C25H24BrN5O2. The zero-order valence-corrected chi connectivity index (χ0v) is 19.8. The van der Waals surface area contributed by atoms with Gasteiger partial charge in [0.05, 0.1) is 28.0 Å². The van der Waals surface area contributed by atoms with Gasteiger partial charge in [0.1, 0.15) is 5.82 Å². The summed E-state index contributed by atoms with van der Waals surface area (Å²) in [5.74, 6) is -0.336. The number of aryl methyl sites for hydroxylation is 1. The van der Waals surface area contributed by atoms with Crippen LogP contribution in [0.5, 0.6) is 0 Å². The number of anilines is 1. The smallest absolute Gasteiger partial charge is 0.306 e. The first kappa shape index (κ1) is 21.6. The van der Waals surface area contributed by atoms with Crippen LogP contribution in [0.1, 0.15) is 42.9 Å². The molecule has 0 spiro atoms. The van der Waals surface area contributed by atoms with Crippen LogP contribution >= 0.6 is 15.9 Å². The molecule has 3 heterocycles. The van der Waals surface area contributed by atoms with E-state index in [0.717, 1.165) is 45.4 Å². The van der Waals surface area contributed by atoms with Crippen LogP contribution in [0.25, 0.3) is 28.0 Å². The van der Waals surface area contributed by atoms with Crippen molar-refractivity contribution in [1.29, 1.82) is 0 Å². The van der Waals surface area contributed by atoms with E-state index in [0.29, 0.717) is 24.3 Å². The van der Waals surface area contributed by atoms with Crippen LogP contribution < -0.4 is 5.73 Å². The molecule has 8 heteroatoms. The number of pyridine rings is 1. The monoisotopic (exact) mass is 505 g/mol. The minimum absolute atomic E-state index is 0.159. The van der Waals surface area contributed by atoms with Crippen molar-refractivity contribution in [2.75, 3.05) is 5.73 Å². The minimum atomic E-state index is -0.713. The van der Waals surface area contributed by atoms with Gasteiger partial charge >= 0.3 is 5.97 Å². The van der Waals surface area contributed by atoms with Gasteiger partial charge in [-0.05, 0) is 60.2 Å². The lowest BCUT2D eigenvalue weighted by Crippen LogP contribution is -2.21. The summed E-state index contributed by atoms with van der Waals surface area (Å²) >= 11 is 3.61. The van der Waals surface area contributed by atoms with Crippen molar-refractivity contribution < 1.29 is 9.90 Å². The third-order valence-electron chi connectivity index (χ3n) is 6.61. The number of halogens is 1. The first-order valence-corrected chi connectivity index (χ1v) is 11.8. The van der Waals surface area contributed by atoms with Gasteiger partial charge in [0, 0.05) is 28.8 Å². The second-order valence-corrected chi connectivity index (χ2v) is 9.42. The third kappa shape index (κ3) is 3.88. The fourth-order valence-corrected chi connectivity index (χ4v) is 5.25. The Morgan fingerprint density at radius 1 is 1.09 bits per heavy atom. The van der Waals surface area contributed by atoms with E-state index in [1.165, 1.54) is 5.56 Å². The molecule has 3 N–H and O–H groups in total. The highest BCUT2D eigenvalue weighted by Gasteiger charge is 2.30. The van der Waals surface area contributed by atoms with E-state index in [9.17, 15) is 9.90 Å². The molecular weight excluding hydrogens is 482 g/mol. The maximum Gasteiger partial charge on any atom is 0.306 e. The molecule has 7 nitrogen and oxygen atoms in total. The first-order chi connectivity index (χ1) is 15.9. The Kier molecular flexibility index (Phi) is 5.62. The Morgan fingerprint density at radius 2 is 1.85 bits per heavy atom. The molecule has 0 amide bonds. The highest BCUT2D eigenvalue weighted by atomic mass is 79.9. The van der Waals surface area contributed by atoms with Gasteiger partial charge in [-0.2, -0.15) is 9.61 Å². The predicted octanol–water partition coefficient (Wildman–Crippen LogP) is 5.47. The van der Waals surface area contributed by atoms with Gasteiger partial charge in [0.2, 0.25) is 0 Å². The largest absolute Gasteiger partial charge is 0.481 e. The quantitative estimate of drug-likeness (QED) is 0.380. The fourth-order valence-electron chi connectivity index (χ4n) is 4.67. The first-order valence-electron chi connectivity index (χ1n) is 11.0. The normalized spacial score (nSPS) is 18.5. The molecule has 3 aromatic heterocycles. The Balaban J connectivity index is 1.51. The molecule has 4 aromatic rings. The summed E-state index contributed by atoms with van der Waals surface area (Å²) in [7, 11) is 0. The van der Waals surface area contributed by atoms with E-state index < -0.39 is 5.97 Å². The predicted molar refractivity (Wildman–Crippen MR) is 131 cm³/mol. The number of carboxylic acid groups (broad SMARTS) is 1. The number of nitrogens with two attached hydrogens (primary N) is 1. The van der Waals surface area contributed by atoms with Crippen molar-refractivity contribution >= 4 is 33.4 Å². The number of hydrogen-bond acceptors (Lipinski definition) is 5. The molecule has 0 aliphatic heterocycles. The van der Waals surface area contributed by atoms with Crippen molar-refractivity contribution in [3.05, 3.63) is 64.5 Å². The minimum Gasteiger partial charge on any atom is -0.481 e. The number of aromatic nitrogens is 4. The van der Waals surface area contributed by atoms with E-state index in [1.54, 1.807) is 10.7 Å². The van der Waals surface area contributed by atoms with Gasteiger partial charge in [-0.25, -0.2) is 4.98 Å². The number of nitrogen functional groups attached to an aromatic ring is 1. The summed E-state index contributed by atoms with van der Waals surface area (Å²) in [6.07, 6.45) is 6.45. The van der Waals surface area contributed by atoms with E-state index >= 15 is 0 Å². The number of fused-ring (bicyclic) bond motifs is 1. The molecule has 0 radical (unpaired) electrons. The van der Waals surface area contributed by atoms with Gasteiger partial charge in [0.25, 0.3) is 0 Å². The van der Waals surface area contributed by atoms with E-state index in [2.05, 4.69) is 45.1 Å². The number of carboxylic acids is 1. The maximum absolute atomic E-state index is 11.3. The summed E-state index contributed by atoms with van der Waals surface area (Å²) in [6.45, 7) is 2.08. The molecule has 1 fully saturated rings. The number of carbonyl (C=O) groups is 1. The lowest BCUT2D eigenvalue weighted by Gasteiger charge is -2.26. The highest BCUT2D eigenvalue weighted by Crippen LogP contribution is 2.40. The topological polar surface area (TPSA) is 106 Å². The molecule has 5 rings (SSSR count). The number of hydrogen-bond donors (Lipinski definition) is 2. The van der Waals surface area contributed by atoms with Gasteiger partial charge in [-0.3, -0.25) is 9.78 Å². The molecule has 1 aliphatic carbocycles. The molecule has 0 unspecified atom stereocenters. The van der Waals surface area contributed by atoms with Crippen LogP contribution in [0.15, 0.2) is 53.3 Å². The molecule has 1 saturated carbocycles. The Bertz CT molecular complexity index is 1340. The van der Waals surface area contributed by atoms with Crippen molar-refractivity contribution in [2.24, 2.45) is 5.92 Å². The second kappa shape index (κ2) is 8.59. The van der Waals surface area contributed by atoms with Gasteiger partial charge in [-0.15, -0.1) is 0 Å². The van der Waals surface area contributed by atoms with Crippen LogP contribution in [-0.2, 0) is 4.79 Å². The van der Waals surface area contributed by atoms with Crippen molar-refractivity contribution in [3.8, 4) is 22.4 Å². The number of aliphatic carboxylic acids is 1. The molecule has 0 saturated heterocycles. The fraction of sp³-hybridized carbons (Fsp3) is 0.280. The number of nitrogens with zero attached hydrogens (tertiary/aromatic N) is 4. The zero-order valence-electron chi connectivity index (χ0n) is 18.2. The maximum atomic E-state index is 11.3. The highest BCUT2D eigenvalue weighted by molar-refractivity contribution is 9.10. The van der Waals surface area contributed by atoms with E-state index in [1.807, 2.05) is 30.5 Å². The van der Waals surface area contributed by atoms with Crippen LogP contribution in [0.2, 0.25) is 0 Å². The van der Waals surface area contributed by atoms with Crippen molar-refractivity contribution in [1.82, 2.24) is 19.6 Å². The average molecular weight is 506 g/mol. The summed E-state index contributed by atoms with van der Waals surface area (Å²) in [6, 6.07) is 12.2. The summed E-state index contributed by atoms with van der Waals surface area (Å²) in [5.41, 5.74) is 12.9. The van der Waals surface area contributed by atoms with Crippen LogP contribution in [0.3, 0.4) is 0 Å². The lowest BCUT2D eigenvalue weighted by atomic mass is 9.80. The molecule has 1 aromatic carbocycles. The third-order valence-corrected chi connectivity index (χ3v) is 7.42. The Hall–Kier alpha value is -3.26. The second-order valence-electron chi connectivity index (χ2n) is 8.62. The molecule has 168 valence electrons. The number of benzene rings is 1. The van der Waals surface area contributed by atoms with Gasteiger partial charge < -0.3 is 10.8 Å². The SMILES string of the molecule is Cc1ccccc1-c1ccc(-c2cnn3c(N)c(Br)c(C4CCC(C(=O)O)CC4)nc23)cn1. The average Bonchev–Trinajstić information content (AvgIpc) is 3.26. The standard InChI is InChI=1S/C25H24BrN5O2/c1-14-4-2-3-5-18(14)20-11-10-17(12-28-20)19-13-29-31-23(27)21(26)22(30-24(19)31)15-6-8-16(9-7-15)25(32)33/h2-5,10-13,15-16H,6-9,27H2,1H3,(H,32,33). The summed E-state index contributed by atoms with van der Waals surface area (Å²) < 4.78 is 2.37. The van der Waals surface area contributed by atoms with Gasteiger partial charge in [0.15, 0.2) is 5.65 Å². The molecule has 0 atom stereocenters. The van der Waals surface area contributed by atoms with E-state index in [-0.39, 0.29) is 11.8 Å². The van der Waals surface area contributed by atoms with E-state index in [4.69, 9.17) is 10.7 Å². The Labute approximate surface area is 199 Å². The molecule has 33 heavy (non-hydrogen) atoms. The number of rotatable bonds is 4. The Morgan fingerprint density at radius 3 is 2.52 bits per heavy atom. The summed E-state index contributed by atoms with van der Waals surface area (Å²) in [5, 5.41) is 13.8. The van der Waals surface area contributed by atoms with Gasteiger partial charge in [-0.1, -0.05) is 30.3 Å². The van der Waals surface area contributed by atoms with Crippen LogP contribution in [0.4, 0.5) is 5.82 Å². The van der Waals surface area contributed by atoms with Crippen LogP contribution in [0, 0.1) is 12.8 Å². The zero-order chi connectivity index (χ0) is 23.1. The molecule has 1 aliphatic rings. The van der Waals surface area contributed by atoms with Crippen molar-refractivity contribution in [3.63, 3.8) is 0 Å². The van der Waals surface area contributed by atoms with Crippen molar-refractivity contribution in [2.45, 2.75) is 38.5 Å². The lowest BCUT2D eigenvalue weighted by molar-refractivity contribution is -0.142. The van der Waals surface area contributed by atoms with Crippen LogP contribution in [-0.4, -0.2) is 30.7 Å². The summed E-state index contributed by atoms with van der Waals surface area (Å²) in [4.78, 5) is 21.0. The molecule has 0 bridgehead atoms.